The fraction of sp³-hybridized carbons (Fsp3) is 0.400. The monoisotopic (exact) mass is 230 g/mol. The fourth-order valence-electron chi connectivity index (χ4n) is 1.60. The zero-order chi connectivity index (χ0) is 12.7. The van der Waals surface area contributed by atoms with Gasteiger partial charge in [0.05, 0.1) is 6.42 Å². The molecular formula is C15H18O2. The van der Waals surface area contributed by atoms with Crippen LogP contribution in [0.15, 0.2) is 24.3 Å². The summed E-state index contributed by atoms with van der Waals surface area (Å²) in [7, 11) is 0. The number of rotatable bonds is 5. The van der Waals surface area contributed by atoms with Crippen LogP contribution in [-0.4, -0.2) is 12.6 Å². The molecule has 0 aromatic heterocycles. The van der Waals surface area contributed by atoms with E-state index in [9.17, 15) is 4.79 Å². The Morgan fingerprint density at radius 2 is 1.88 bits per heavy atom. The van der Waals surface area contributed by atoms with Gasteiger partial charge in [0, 0.05) is 0 Å². The van der Waals surface area contributed by atoms with Crippen LogP contribution in [0.25, 0.3) is 0 Å². The van der Waals surface area contributed by atoms with Crippen molar-refractivity contribution in [3.05, 3.63) is 35.4 Å². The predicted molar refractivity (Wildman–Crippen MR) is 68.5 cm³/mol. The third-order valence-corrected chi connectivity index (χ3v) is 2.33. The summed E-state index contributed by atoms with van der Waals surface area (Å²) in [6.07, 6.45) is 6.35. The van der Waals surface area contributed by atoms with E-state index in [1.807, 2.05) is 12.1 Å². The molecule has 0 heterocycles. The summed E-state index contributed by atoms with van der Waals surface area (Å²) in [6, 6.07) is 8.05. The van der Waals surface area contributed by atoms with Crippen LogP contribution >= 0.6 is 0 Å². The minimum Gasteiger partial charge on any atom is -0.452 e. The molecule has 0 aliphatic carbocycles. The maximum absolute atomic E-state index is 11.3. The Kier molecular flexibility index (Phi) is 5.29. The average Bonchev–Trinajstić information content (AvgIpc) is 2.28. The lowest BCUT2D eigenvalue weighted by atomic mass is 10.0. The van der Waals surface area contributed by atoms with Gasteiger partial charge in [-0.25, -0.2) is 0 Å². The number of ether oxygens (including phenoxy) is 1. The molecule has 90 valence electrons. The Bertz CT molecular complexity index is 396. The summed E-state index contributed by atoms with van der Waals surface area (Å²) in [5, 5.41) is 0. The molecule has 2 nitrogen and oxygen atoms in total. The van der Waals surface area contributed by atoms with E-state index in [0.717, 1.165) is 12.0 Å². The van der Waals surface area contributed by atoms with E-state index in [4.69, 9.17) is 11.2 Å². The number of benzene rings is 1. The van der Waals surface area contributed by atoms with Gasteiger partial charge in [-0.2, -0.15) is 0 Å². The first-order valence-corrected chi connectivity index (χ1v) is 5.78. The van der Waals surface area contributed by atoms with Gasteiger partial charge in [-0.3, -0.25) is 4.79 Å². The van der Waals surface area contributed by atoms with Gasteiger partial charge in [-0.05, 0) is 23.5 Å². The second-order valence-corrected chi connectivity index (χ2v) is 4.46. The van der Waals surface area contributed by atoms with Crippen LogP contribution in [0.1, 0.15) is 25.0 Å². The second-order valence-electron chi connectivity index (χ2n) is 4.46. The molecule has 0 aliphatic rings. The molecule has 0 radical (unpaired) electrons. The smallest absolute Gasteiger partial charge is 0.311 e. The SMILES string of the molecule is C#CCOC(=O)Cc1ccc(CC(C)C)cc1. The van der Waals surface area contributed by atoms with Crippen molar-refractivity contribution in [1.82, 2.24) is 0 Å². The predicted octanol–water partition coefficient (Wildman–Crippen LogP) is 2.60. The van der Waals surface area contributed by atoms with Crippen molar-refractivity contribution in [2.75, 3.05) is 6.61 Å². The third-order valence-electron chi connectivity index (χ3n) is 2.33. The minimum absolute atomic E-state index is 0.0459. The van der Waals surface area contributed by atoms with Crippen molar-refractivity contribution in [2.45, 2.75) is 26.7 Å². The number of carbonyl (C=O) groups is 1. The van der Waals surface area contributed by atoms with E-state index in [1.54, 1.807) is 0 Å². The van der Waals surface area contributed by atoms with E-state index in [-0.39, 0.29) is 19.0 Å². The quantitative estimate of drug-likeness (QED) is 0.574. The first kappa shape index (κ1) is 13.3. The van der Waals surface area contributed by atoms with Crippen molar-refractivity contribution >= 4 is 5.97 Å². The van der Waals surface area contributed by atoms with Crippen LogP contribution in [0, 0.1) is 18.3 Å². The Morgan fingerprint density at radius 3 is 2.41 bits per heavy atom. The molecule has 17 heavy (non-hydrogen) atoms. The molecule has 0 saturated heterocycles. The Morgan fingerprint density at radius 1 is 1.29 bits per heavy atom. The van der Waals surface area contributed by atoms with Gasteiger partial charge in [-0.15, -0.1) is 6.42 Å². The van der Waals surface area contributed by atoms with Crippen LogP contribution in [0.3, 0.4) is 0 Å². The van der Waals surface area contributed by atoms with Crippen molar-refractivity contribution in [3.63, 3.8) is 0 Å². The van der Waals surface area contributed by atoms with Gasteiger partial charge in [0.25, 0.3) is 0 Å². The number of terminal acetylenes is 1. The zero-order valence-corrected chi connectivity index (χ0v) is 10.4. The summed E-state index contributed by atoms with van der Waals surface area (Å²) in [6.45, 7) is 4.42. The first-order chi connectivity index (χ1) is 8.11. The van der Waals surface area contributed by atoms with Crippen LogP contribution in [0.4, 0.5) is 0 Å². The molecule has 0 N–H and O–H groups in total. The lowest BCUT2D eigenvalue weighted by Gasteiger charge is -2.06. The van der Waals surface area contributed by atoms with Crippen LogP contribution in [0.5, 0.6) is 0 Å². The van der Waals surface area contributed by atoms with Gasteiger partial charge >= 0.3 is 5.97 Å². The maximum Gasteiger partial charge on any atom is 0.311 e. The molecule has 0 saturated carbocycles. The molecular weight excluding hydrogens is 212 g/mol. The summed E-state index contributed by atoms with van der Waals surface area (Å²) in [4.78, 5) is 11.3. The molecule has 0 fully saturated rings. The van der Waals surface area contributed by atoms with Gasteiger partial charge in [0.1, 0.15) is 0 Å². The molecule has 0 atom stereocenters. The van der Waals surface area contributed by atoms with Crippen molar-refractivity contribution in [1.29, 1.82) is 0 Å². The Hall–Kier alpha value is -1.75. The van der Waals surface area contributed by atoms with E-state index >= 15 is 0 Å². The fourth-order valence-corrected chi connectivity index (χ4v) is 1.60. The second kappa shape index (κ2) is 6.75. The highest BCUT2D eigenvalue weighted by atomic mass is 16.5. The number of hydrogen-bond acceptors (Lipinski definition) is 2. The largest absolute Gasteiger partial charge is 0.452 e. The molecule has 0 amide bonds. The maximum atomic E-state index is 11.3. The lowest BCUT2D eigenvalue weighted by molar-refractivity contribution is -0.141. The highest BCUT2D eigenvalue weighted by molar-refractivity contribution is 5.72. The molecule has 2 heteroatoms. The highest BCUT2D eigenvalue weighted by Gasteiger charge is 2.04. The molecule has 0 unspecified atom stereocenters. The molecule has 1 aromatic rings. The van der Waals surface area contributed by atoms with Crippen molar-refractivity contribution < 1.29 is 9.53 Å². The molecule has 0 spiro atoms. The van der Waals surface area contributed by atoms with Gasteiger partial charge in [0.15, 0.2) is 6.61 Å². The molecule has 0 aliphatic heterocycles. The normalized spacial score (nSPS) is 10.0. The van der Waals surface area contributed by atoms with E-state index in [1.165, 1.54) is 5.56 Å². The molecule has 1 rings (SSSR count). The molecule has 0 bridgehead atoms. The number of carbonyl (C=O) groups excluding carboxylic acids is 1. The van der Waals surface area contributed by atoms with E-state index < -0.39 is 0 Å². The third kappa shape index (κ3) is 5.21. The van der Waals surface area contributed by atoms with Gasteiger partial charge < -0.3 is 4.74 Å². The van der Waals surface area contributed by atoms with Crippen LogP contribution in [-0.2, 0) is 22.4 Å². The topological polar surface area (TPSA) is 26.3 Å². The zero-order valence-electron chi connectivity index (χ0n) is 10.4. The average molecular weight is 230 g/mol. The Labute approximate surface area is 103 Å². The summed E-state index contributed by atoms with van der Waals surface area (Å²) in [5.74, 6) is 2.63. The van der Waals surface area contributed by atoms with Gasteiger partial charge in [-0.1, -0.05) is 44.0 Å². The van der Waals surface area contributed by atoms with E-state index in [2.05, 4.69) is 31.9 Å². The molecule has 1 aromatic carbocycles. The summed E-state index contributed by atoms with van der Waals surface area (Å²) < 4.78 is 4.81. The minimum atomic E-state index is -0.278. The first-order valence-electron chi connectivity index (χ1n) is 5.78. The standard InChI is InChI=1S/C15H18O2/c1-4-9-17-15(16)11-14-7-5-13(6-8-14)10-12(2)3/h1,5-8,12H,9-11H2,2-3H3. The number of esters is 1. The Balaban J connectivity index is 2.51. The van der Waals surface area contributed by atoms with Crippen molar-refractivity contribution in [3.8, 4) is 12.3 Å². The van der Waals surface area contributed by atoms with Gasteiger partial charge in [0.2, 0.25) is 0 Å². The summed E-state index contributed by atoms with van der Waals surface area (Å²) >= 11 is 0. The summed E-state index contributed by atoms with van der Waals surface area (Å²) in [5.41, 5.74) is 2.25. The lowest BCUT2D eigenvalue weighted by Crippen LogP contribution is -2.08. The van der Waals surface area contributed by atoms with Crippen LogP contribution in [0.2, 0.25) is 0 Å². The van der Waals surface area contributed by atoms with Crippen molar-refractivity contribution in [2.24, 2.45) is 5.92 Å². The van der Waals surface area contributed by atoms with E-state index in [0.29, 0.717) is 5.92 Å². The highest BCUT2D eigenvalue weighted by Crippen LogP contribution is 2.10. The van der Waals surface area contributed by atoms with Crippen LogP contribution < -0.4 is 0 Å². The number of hydrogen-bond donors (Lipinski definition) is 0.